The van der Waals surface area contributed by atoms with Gasteiger partial charge in [-0.3, -0.25) is 9.59 Å². The first-order chi connectivity index (χ1) is 9.12. The minimum Gasteiger partial charge on any atom is -0.427 e. The van der Waals surface area contributed by atoms with Crippen LogP contribution >= 0.6 is 0 Å². The molecular formula is C16H20O3. The molecule has 102 valence electrons. The third kappa shape index (κ3) is 3.43. The first-order valence-corrected chi connectivity index (χ1v) is 6.89. The second-order valence-corrected chi connectivity index (χ2v) is 5.36. The number of carbonyl (C=O) groups is 2. The lowest BCUT2D eigenvalue weighted by Gasteiger charge is -2.33. The molecule has 0 bridgehead atoms. The summed E-state index contributed by atoms with van der Waals surface area (Å²) in [5, 5.41) is 0. The molecule has 0 aromatic heterocycles. The van der Waals surface area contributed by atoms with Gasteiger partial charge in [0.25, 0.3) is 0 Å². The van der Waals surface area contributed by atoms with Crippen LogP contribution in [-0.2, 0) is 9.59 Å². The predicted octanol–water partition coefficient (Wildman–Crippen LogP) is 3.52. The van der Waals surface area contributed by atoms with Crippen LogP contribution in [0.3, 0.4) is 0 Å². The van der Waals surface area contributed by atoms with Crippen LogP contribution in [0.1, 0.15) is 45.4 Å². The summed E-state index contributed by atoms with van der Waals surface area (Å²) in [5.74, 6) is 0.363. The van der Waals surface area contributed by atoms with Gasteiger partial charge in [0.05, 0.1) is 6.42 Å². The minimum absolute atomic E-state index is 0.122. The highest BCUT2D eigenvalue weighted by Crippen LogP contribution is 2.40. The van der Waals surface area contributed by atoms with Gasteiger partial charge in [-0.25, -0.2) is 0 Å². The first kappa shape index (κ1) is 13.8. The molecule has 0 saturated heterocycles. The fraction of sp³-hybridized carbons (Fsp3) is 0.500. The average molecular weight is 260 g/mol. The summed E-state index contributed by atoms with van der Waals surface area (Å²) >= 11 is 0. The highest BCUT2D eigenvalue weighted by molar-refractivity contribution is 5.87. The van der Waals surface area contributed by atoms with Gasteiger partial charge < -0.3 is 4.74 Å². The zero-order valence-corrected chi connectivity index (χ0v) is 11.4. The Bertz CT molecular complexity index is 444. The highest BCUT2D eigenvalue weighted by atomic mass is 16.5. The van der Waals surface area contributed by atoms with Crippen LogP contribution in [0.2, 0.25) is 0 Å². The number of hydrogen-bond donors (Lipinski definition) is 0. The van der Waals surface area contributed by atoms with Crippen molar-refractivity contribution in [2.24, 2.45) is 5.41 Å². The number of benzene rings is 1. The maximum absolute atomic E-state index is 12.0. The Morgan fingerprint density at radius 1 is 1.11 bits per heavy atom. The summed E-state index contributed by atoms with van der Waals surface area (Å²) in [4.78, 5) is 23.9. The number of hydrogen-bond acceptors (Lipinski definition) is 3. The summed E-state index contributed by atoms with van der Waals surface area (Å²) in [6.45, 7) is 1.60. The molecule has 1 aromatic rings. The lowest BCUT2D eigenvalue weighted by molar-refractivity contribution is -0.143. The van der Waals surface area contributed by atoms with Crippen molar-refractivity contribution in [3.05, 3.63) is 30.3 Å². The number of Topliss-reactive ketones (excluding diaryl/α,β-unsaturated/α-hetero) is 1. The van der Waals surface area contributed by atoms with Gasteiger partial charge in [-0.05, 0) is 31.9 Å². The highest BCUT2D eigenvalue weighted by Gasteiger charge is 2.39. The number of ketones is 1. The fourth-order valence-corrected chi connectivity index (χ4v) is 2.81. The van der Waals surface area contributed by atoms with Gasteiger partial charge in [0.2, 0.25) is 0 Å². The Kier molecular flexibility index (Phi) is 4.35. The molecule has 3 heteroatoms. The van der Waals surface area contributed by atoms with Gasteiger partial charge in [0, 0.05) is 5.41 Å². The molecule has 1 saturated carbocycles. The van der Waals surface area contributed by atoms with Gasteiger partial charge in [0.1, 0.15) is 11.5 Å². The Labute approximate surface area is 114 Å². The van der Waals surface area contributed by atoms with E-state index in [4.69, 9.17) is 4.74 Å². The van der Waals surface area contributed by atoms with E-state index < -0.39 is 5.41 Å². The van der Waals surface area contributed by atoms with Crippen LogP contribution in [0.15, 0.2) is 30.3 Å². The van der Waals surface area contributed by atoms with E-state index >= 15 is 0 Å². The smallest absolute Gasteiger partial charge is 0.312 e. The van der Waals surface area contributed by atoms with E-state index in [1.54, 1.807) is 19.1 Å². The predicted molar refractivity (Wildman–Crippen MR) is 72.9 cm³/mol. The third-order valence-electron chi connectivity index (χ3n) is 4.02. The van der Waals surface area contributed by atoms with Crippen molar-refractivity contribution in [3.8, 4) is 5.75 Å². The molecule has 0 radical (unpaired) electrons. The summed E-state index contributed by atoms with van der Waals surface area (Å²) in [6, 6.07) is 9.02. The Morgan fingerprint density at radius 3 is 2.32 bits per heavy atom. The van der Waals surface area contributed by atoms with E-state index in [2.05, 4.69) is 0 Å². The average Bonchev–Trinajstić information content (AvgIpc) is 2.40. The summed E-state index contributed by atoms with van der Waals surface area (Å²) < 4.78 is 5.30. The lowest BCUT2D eigenvalue weighted by Crippen LogP contribution is -2.35. The molecule has 0 aliphatic heterocycles. The van der Waals surface area contributed by atoms with Crippen molar-refractivity contribution in [1.29, 1.82) is 0 Å². The second-order valence-electron chi connectivity index (χ2n) is 5.36. The molecule has 1 fully saturated rings. The fourth-order valence-electron chi connectivity index (χ4n) is 2.81. The molecule has 2 rings (SSSR count). The largest absolute Gasteiger partial charge is 0.427 e. The van der Waals surface area contributed by atoms with E-state index in [9.17, 15) is 9.59 Å². The summed E-state index contributed by atoms with van der Waals surface area (Å²) in [6.07, 6.45) is 5.04. The standard InChI is InChI=1S/C16H20O3/c1-13(17)16(10-6-3-7-11-16)12-15(18)19-14-8-4-2-5-9-14/h2,4-5,8-9H,3,6-7,10-12H2,1H3. The Hall–Kier alpha value is -1.64. The number of carbonyl (C=O) groups excluding carboxylic acids is 2. The molecule has 1 aliphatic rings. The minimum atomic E-state index is -0.482. The Balaban J connectivity index is 2.01. The van der Waals surface area contributed by atoms with Crippen LogP contribution in [0.25, 0.3) is 0 Å². The van der Waals surface area contributed by atoms with E-state index in [1.165, 1.54) is 0 Å². The maximum Gasteiger partial charge on any atom is 0.312 e. The van der Waals surface area contributed by atoms with Gasteiger partial charge in [0.15, 0.2) is 0 Å². The molecule has 0 amide bonds. The SMILES string of the molecule is CC(=O)C1(CC(=O)Oc2ccccc2)CCCCC1. The zero-order valence-electron chi connectivity index (χ0n) is 11.4. The van der Waals surface area contributed by atoms with Crippen LogP contribution in [-0.4, -0.2) is 11.8 Å². The topological polar surface area (TPSA) is 43.4 Å². The molecule has 19 heavy (non-hydrogen) atoms. The normalized spacial score (nSPS) is 17.7. The number of rotatable bonds is 4. The molecule has 0 atom stereocenters. The summed E-state index contributed by atoms with van der Waals surface area (Å²) in [5.41, 5.74) is -0.482. The number of ether oxygens (including phenoxy) is 1. The third-order valence-corrected chi connectivity index (χ3v) is 4.02. The molecule has 1 aliphatic carbocycles. The van der Waals surface area contributed by atoms with Crippen LogP contribution in [0.4, 0.5) is 0 Å². The van der Waals surface area contributed by atoms with Crippen LogP contribution in [0, 0.1) is 5.41 Å². The Morgan fingerprint density at radius 2 is 1.74 bits per heavy atom. The van der Waals surface area contributed by atoms with Gasteiger partial charge in [-0.15, -0.1) is 0 Å². The first-order valence-electron chi connectivity index (χ1n) is 6.89. The second kappa shape index (κ2) is 6.00. The maximum atomic E-state index is 12.0. The molecule has 0 spiro atoms. The number of esters is 1. The van der Waals surface area contributed by atoms with Crippen molar-refractivity contribution in [2.45, 2.75) is 45.4 Å². The van der Waals surface area contributed by atoms with Crippen molar-refractivity contribution in [2.75, 3.05) is 0 Å². The van der Waals surface area contributed by atoms with Crippen LogP contribution < -0.4 is 4.74 Å². The zero-order chi connectivity index (χ0) is 13.7. The van der Waals surface area contributed by atoms with Gasteiger partial charge in [-0.2, -0.15) is 0 Å². The van der Waals surface area contributed by atoms with E-state index in [1.807, 2.05) is 18.2 Å². The van der Waals surface area contributed by atoms with E-state index in [0.717, 1.165) is 32.1 Å². The van der Waals surface area contributed by atoms with E-state index in [0.29, 0.717) is 5.75 Å². The lowest BCUT2D eigenvalue weighted by atomic mass is 9.69. The molecule has 0 unspecified atom stereocenters. The van der Waals surface area contributed by atoms with Crippen molar-refractivity contribution in [1.82, 2.24) is 0 Å². The molecule has 0 heterocycles. The van der Waals surface area contributed by atoms with Crippen LogP contribution in [0.5, 0.6) is 5.75 Å². The molecule has 1 aromatic carbocycles. The van der Waals surface area contributed by atoms with E-state index in [-0.39, 0.29) is 18.2 Å². The van der Waals surface area contributed by atoms with Crippen molar-refractivity contribution < 1.29 is 14.3 Å². The number of para-hydroxylation sites is 1. The molecular weight excluding hydrogens is 240 g/mol. The monoisotopic (exact) mass is 260 g/mol. The van der Waals surface area contributed by atoms with Crippen molar-refractivity contribution >= 4 is 11.8 Å². The molecule has 0 N–H and O–H groups in total. The quantitative estimate of drug-likeness (QED) is 0.614. The van der Waals surface area contributed by atoms with Gasteiger partial charge >= 0.3 is 5.97 Å². The molecule has 3 nitrogen and oxygen atoms in total. The van der Waals surface area contributed by atoms with Gasteiger partial charge in [-0.1, -0.05) is 37.5 Å². The summed E-state index contributed by atoms with van der Waals surface area (Å²) in [7, 11) is 0. The van der Waals surface area contributed by atoms with Crippen molar-refractivity contribution in [3.63, 3.8) is 0 Å².